The number of carbonyl (C=O) groups is 1. The molecule has 0 saturated carbocycles. The van der Waals surface area contributed by atoms with Crippen molar-refractivity contribution >= 4 is 34.9 Å². The fraction of sp³-hybridized carbons (Fsp3) is 0.312. The van der Waals surface area contributed by atoms with Gasteiger partial charge in [0.25, 0.3) is 17.9 Å². The first-order chi connectivity index (χ1) is 21.1. The average molecular weight is 640 g/mol. The first-order valence-corrected chi connectivity index (χ1v) is 15.4. The van der Waals surface area contributed by atoms with Gasteiger partial charge in [0.15, 0.2) is 0 Å². The molecule has 1 fully saturated rings. The van der Waals surface area contributed by atoms with Gasteiger partial charge in [0, 0.05) is 47.8 Å². The molecule has 1 aliphatic heterocycles. The number of pyridine rings is 2. The number of thiazole rings is 1. The molecule has 1 aromatic carbocycles. The maximum atomic E-state index is 14.5. The van der Waals surface area contributed by atoms with Crippen LogP contribution in [0.3, 0.4) is 0 Å². The van der Waals surface area contributed by atoms with Crippen LogP contribution in [0.15, 0.2) is 58.3 Å². The molecule has 5 rings (SSSR count). The number of hydrogen-bond acceptors (Lipinski definition) is 7. The Kier molecular flexibility index (Phi) is 9.57. The van der Waals surface area contributed by atoms with Crippen LogP contribution in [0.2, 0.25) is 5.02 Å². The highest BCUT2D eigenvalue weighted by molar-refractivity contribution is 7.13. The number of piperazine rings is 1. The molecule has 0 aliphatic carbocycles. The molecule has 1 aliphatic rings. The monoisotopic (exact) mass is 639 g/mol. The zero-order valence-electron chi connectivity index (χ0n) is 24.7. The highest BCUT2D eigenvalue weighted by Crippen LogP contribution is 2.33. The fourth-order valence-electron chi connectivity index (χ4n) is 5.06. The summed E-state index contributed by atoms with van der Waals surface area (Å²) < 4.78 is 33.5. The highest BCUT2D eigenvalue weighted by atomic mass is 35.5. The van der Waals surface area contributed by atoms with E-state index in [2.05, 4.69) is 15.3 Å². The maximum absolute atomic E-state index is 14.5. The topological polar surface area (TPSA) is 89.3 Å². The van der Waals surface area contributed by atoms with Crippen molar-refractivity contribution in [2.75, 3.05) is 26.2 Å². The number of ether oxygens (including phenoxy) is 1. The molecule has 44 heavy (non-hydrogen) atoms. The lowest BCUT2D eigenvalue weighted by atomic mass is 10.0. The quantitative estimate of drug-likeness (QED) is 0.226. The van der Waals surface area contributed by atoms with E-state index in [1.165, 1.54) is 34.2 Å². The number of aromatic nitrogens is 3. The summed E-state index contributed by atoms with van der Waals surface area (Å²) in [6, 6.07) is 9.50. The van der Waals surface area contributed by atoms with E-state index in [0.717, 1.165) is 5.57 Å². The molecule has 1 atom stereocenters. The molecule has 230 valence electrons. The van der Waals surface area contributed by atoms with Crippen LogP contribution < -0.4 is 15.6 Å². The van der Waals surface area contributed by atoms with Gasteiger partial charge >= 0.3 is 0 Å². The first kappa shape index (κ1) is 31.5. The van der Waals surface area contributed by atoms with Gasteiger partial charge in [-0.25, -0.2) is 13.8 Å². The first-order valence-electron chi connectivity index (χ1n) is 14.2. The third-order valence-electron chi connectivity index (χ3n) is 7.05. The molecule has 12 heteroatoms. The van der Waals surface area contributed by atoms with Gasteiger partial charge in [0.2, 0.25) is 0 Å². The Labute approximate surface area is 263 Å². The molecule has 4 aromatic rings. The molecule has 0 spiro atoms. The van der Waals surface area contributed by atoms with Gasteiger partial charge in [-0.1, -0.05) is 17.2 Å². The van der Waals surface area contributed by atoms with Crippen LogP contribution in [0.5, 0.6) is 5.75 Å². The van der Waals surface area contributed by atoms with Crippen LogP contribution in [0.4, 0.5) is 8.78 Å². The van der Waals surface area contributed by atoms with Gasteiger partial charge < -0.3 is 15.0 Å². The number of rotatable bonds is 8. The van der Waals surface area contributed by atoms with E-state index in [9.17, 15) is 18.4 Å². The minimum absolute atomic E-state index is 0.106. The number of nitrogens with one attached hydrogen (secondary N) is 1. The van der Waals surface area contributed by atoms with E-state index in [4.69, 9.17) is 16.3 Å². The van der Waals surface area contributed by atoms with Gasteiger partial charge in [-0.3, -0.25) is 19.1 Å². The number of alkyl halides is 2. The molecule has 0 bridgehead atoms. The minimum atomic E-state index is -2.68. The molecule has 1 amide bonds. The summed E-state index contributed by atoms with van der Waals surface area (Å²) >= 11 is 7.66. The Balaban J connectivity index is 1.76. The van der Waals surface area contributed by atoms with Crippen LogP contribution in [0, 0.1) is 0 Å². The summed E-state index contributed by atoms with van der Waals surface area (Å²) in [5, 5.41) is 5.84. The van der Waals surface area contributed by atoms with Crippen LogP contribution in [-0.4, -0.2) is 57.6 Å². The lowest BCUT2D eigenvalue weighted by Gasteiger charge is -2.32. The van der Waals surface area contributed by atoms with E-state index in [0.29, 0.717) is 70.2 Å². The third-order valence-corrected chi connectivity index (χ3v) is 8.16. The molecular formula is C32H32ClF2N5O3S. The third kappa shape index (κ3) is 6.59. The fourth-order valence-corrected chi connectivity index (χ4v) is 6.06. The summed E-state index contributed by atoms with van der Waals surface area (Å²) in [7, 11) is 0. The standard InChI is InChI=1S/C32H32ClF2N5O3S/c1-5-43-28-9-7-21(33)13-27(28)40-26(12-18(2)3)22(31(41)39-11-10-36-19(4)16-39)14-23(32(40)42)30-38-25(17-44-30)20-6-8-24(29(34)35)37-15-20/h6-9,12-15,17,19,29,36H,5,10-11,16H2,1-4H3/t19-/m0/s1. The molecule has 8 nitrogen and oxygen atoms in total. The Morgan fingerprint density at radius 2 is 2.05 bits per heavy atom. The van der Waals surface area contributed by atoms with Crippen LogP contribution >= 0.6 is 22.9 Å². The summed E-state index contributed by atoms with van der Waals surface area (Å²) in [6.07, 6.45) is 0.456. The predicted molar refractivity (Wildman–Crippen MR) is 170 cm³/mol. The minimum Gasteiger partial charge on any atom is -0.492 e. The summed E-state index contributed by atoms with van der Waals surface area (Å²) in [5.74, 6) is 0.211. The molecule has 4 heterocycles. The molecule has 1 saturated heterocycles. The van der Waals surface area contributed by atoms with Gasteiger partial charge in [-0.2, -0.15) is 0 Å². The van der Waals surface area contributed by atoms with E-state index >= 15 is 0 Å². The second kappa shape index (κ2) is 13.4. The number of benzene rings is 1. The van der Waals surface area contributed by atoms with Crippen LogP contribution in [0.1, 0.15) is 55.9 Å². The smallest absolute Gasteiger partial charge is 0.280 e. The van der Waals surface area contributed by atoms with Crippen molar-refractivity contribution in [2.24, 2.45) is 0 Å². The Morgan fingerprint density at radius 1 is 1.25 bits per heavy atom. The Morgan fingerprint density at radius 3 is 2.70 bits per heavy atom. The van der Waals surface area contributed by atoms with Crippen molar-refractivity contribution in [1.82, 2.24) is 24.8 Å². The van der Waals surface area contributed by atoms with Crippen molar-refractivity contribution in [3.63, 3.8) is 0 Å². The lowest BCUT2D eigenvalue weighted by molar-refractivity contribution is 0.0708. The van der Waals surface area contributed by atoms with E-state index in [1.807, 2.05) is 33.8 Å². The second-order valence-electron chi connectivity index (χ2n) is 10.7. The number of halogens is 3. The average Bonchev–Trinajstić information content (AvgIpc) is 3.48. The molecule has 1 N–H and O–H groups in total. The summed E-state index contributed by atoms with van der Waals surface area (Å²) in [6.45, 7) is 9.66. The second-order valence-corrected chi connectivity index (χ2v) is 12.0. The number of hydrogen-bond donors (Lipinski definition) is 1. The number of carbonyl (C=O) groups excluding carboxylic acids is 1. The molecule has 0 unspecified atom stereocenters. The van der Waals surface area contributed by atoms with Gasteiger partial charge in [0.05, 0.1) is 34.8 Å². The number of nitrogens with zero attached hydrogens (tertiary/aromatic N) is 4. The predicted octanol–water partition coefficient (Wildman–Crippen LogP) is 6.87. The van der Waals surface area contributed by atoms with Crippen molar-refractivity contribution < 1.29 is 18.3 Å². The maximum Gasteiger partial charge on any atom is 0.280 e. The molecular weight excluding hydrogens is 608 g/mol. The van der Waals surface area contributed by atoms with E-state index in [1.54, 1.807) is 34.5 Å². The number of amides is 1. The van der Waals surface area contributed by atoms with Crippen molar-refractivity contribution in [2.45, 2.75) is 40.2 Å². The summed E-state index contributed by atoms with van der Waals surface area (Å²) in [4.78, 5) is 39.0. The molecule has 3 aromatic heterocycles. The van der Waals surface area contributed by atoms with Gasteiger partial charge in [0.1, 0.15) is 16.5 Å². The lowest BCUT2D eigenvalue weighted by Crippen LogP contribution is -2.51. The van der Waals surface area contributed by atoms with Crippen molar-refractivity contribution in [3.05, 3.63) is 85.9 Å². The Bertz CT molecular complexity index is 1770. The number of allylic oxidation sites excluding steroid dienone is 1. The van der Waals surface area contributed by atoms with Gasteiger partial charge in [-0.05, 0) is 70.2 Å². The van der Waals surface area contributed by atoms with Gasteiger partial charge in [-0.15, -0.1) is 11.3 Å². The SMILES string of the molecule is CCOc1ccc(Cl)cc1-n1c(C=C(C)C)c(C(=O)N2CCN[C@@H](C)C2)cc(-c2nc(-c3ccc(C(F)F)nc3)cs2)c1=O. The van der Waals surface area contributed by atoms with Crippen molar-refractivity contribution in [3.8, 4) is 33.3 Å². The van der Waals surface area contributed by atoms with Crippen LogP contribution in [0.25, 0.3) is 33.6 Å². The van der Waals surface area contributed by atoms with Crippen LogP contribution in [-0.2, 0) is 0 Å². The van der Waals surface area contributed by atoms with Crippen molar-refractivity contribution in [1.29, 1.82) is 0 Å². The van der Waals surface area contributed by atoms with E-state index < -0.39 is 12.0 Å². The largest absolute Gasteiger partial charge is 0.492 e. The van der Waals surface area contributed by atoms with E-state index in [-0.39, 0.29) is 23.2 Å². The molecule has 0 radical (unpaired) electrons. The normalized spacial score (nSPS) is 15.0. The highest BCUT2D eigenvalue weighted by Gasteiger charge is 2.28. The Hall–Kier alpha value is -3.93. The summed E-state index contributed by atoms with van der Waals surface area (Å²) in [5.41, 5.74) is 2.46. The zero-order chi connectivity index (χ0) is 31.5. The zero-order valence-corrected chi connectivity index (χ0v) is 26.3.